The van der Waals surface area contributed by atoms with E-state index in [0.29, 0.717) is 12.1 Å². The Morgan fingerprint density at radius 1 is 1.17 bits per heavy atom. The predicted octanol–water partition coefficient (Wildman–Crippen LogP) is 2.74. The Balaban J connectivity index is 1.58. The van der Waals surface area contributed by atoms with Gasteiger partial charge in [0.15, 0.2) is 11.5 Å². The molecule has 0 radical (unpaired) electrons. The third-order valence-corrected chi connectivity index (χ3v) is 4.67. The van der Waals surface area contributed by atoms with Crippen molar-refractivity contribution >= 4 is 5.65 Å². The molecule has 1 fully saturated rings. The first-order valence-electron chi connectivity index (χ1n) is 8.20. The van der Waals surface area contributed by atoms with E-state index in [4.69, 9.17) is 0 Å². The Bertz CT molecular complexity index is 850. The van der Waals surface area contributed by atoms with Gasteiger partial charge in [-0.15, -0.1) is 10.2 Å². The molecule has 0 aliphatic carbocycles. The lowest BCUT2D eigenvalue weighted by Crippen LogP contribution is -2.29. The van der Waals surface area contributed by atoms with E-state index < -0.39 is 6.10 Å². The minimum atomic E-state index is -0.856. The second-order valence-corrected chi connectivity index (χ2v) is 6.18. The molecule has 1 aromatic carbocycles. The van der Waals surface area contributed by atoms with Gasteiger partial charge in [-0.2, -0.15) is 0 Å². The number of benzene rings is 1. The summed E-state index contributed by atoms with van der Waals surface area (Å²) >= 11 is 0. The molecule has 2 atom stereocenters. The lowest BCUT2D eigenvalue weighted by atomic mass is 10.1. The maximum atomic E-state index is 13.9. The number of hydrogen-bond acceptors (Lipinski definition) is 4. The van der Waals surface area contributed by atoms with Gasteiger partial charge in [0.25, 0.3) is 0 Å². The summed E-state index contributed by atoms with van der Waals surface area (Å²) in [6, 6.07) is 12.3. The predicted molar refractivity (Wildman–Crippen MR) is 87.9 cm³/mol. The molecular formula is C18H19FN4O. The van der Waals surface area contributed by atoms with Crippen molar-refractivity contribution in [1.29, 1.82) is 0 Å². The third kappa shape index (κ3) is 2.68. The van der Waals surface area contributed by atoms with Crippen molar-refractivity contribution < 1.29 is 9.50 Å². The Morgan fingerprint density at radius 3 is 2.88 bits per heavy atom. The topological polar surface area (TPSA) is 53.7 Å². The number of aromatic nitrogens is 3. The van der Waals surface area contributed by atoms with Crippen LogP contribution in [0.5, 0.6) is 0 Å². The molecule has 0 amide bonds. The molecule has 1 aliphatic rings. The monoisotopic (exact) mass is 326 g/mol. The largest absolute Gasteiger partial charge is 0.387 e. The molecule has 0 spiro atoms. The molecule has 124 valence electrons. The van der Waals surface area contributed by atoms with Crippen LogP contribution < -0.4 is 0 Å². The van der Waals surface area contributed by atoms with Gasteiger partial charge in [-0.05, 0) is 37.6 Å². The highest BCUT2D eigenvalue weighted by atomic mass is 19.1. The highest BCUT2D eigenvalue weighted by Crippen LogP contribution is 2.33. The van der Waals surface area contributed by atoms with Crippen LogP contribution in [0.2, 0.25) is 0 Å². The van der Waals surface area contributed by atoms with Gasteiger partial charge in [0.05, 0.1) is 12.1 Å². The van der Waals surface area contributed by atoms with Crippen LogP contribution in [0, 0.1) is 5.82 Å². The van der Waals surface area contributed by atoms with Crippen LogP contribution in [-0.2, 0) is 0 Å². The normalized spacial score (nSPS) is 19.8. The first-order chi connectivity index (χ1) is 11.7. The fraction of sp³-hybridized carbons (Fsp3) is 0.333. The number of fused-ring (bicyclic) bond motifs is 1. The minimum Gasteiger partial charge on any atom is -0.387 e. The van der Waals surface area contributed by atoms with Crippen molar-refractivity contribution in [1.82, 2.24) is 19.5 Å². The van der Waals surface area contributed by atoms with Crippen LogP contribution >= 0.6 is 0 Å². The summed E-state index contributed by atoms with van der Waals surface area (Å²) in [5.41, 5.74) is 1.16. The van der Waals surface area contributed by atoms with Crippen LogP contribution in [0.15, 0.2) is 48.7 Å². The third-order valence-electron chi connectivity index (χ3n) is 4.67. The molecule has 0 unspecified atom stereocenters. The van der Waals surface area contributed by atoms with Crippen LogP contribution in [0.4, 0.5) is 4.39 Å². The molecule has 24 heavy (non-hydrogen) atoms. The molecule has 0 saturated carbocycles. The van der Waals surface area contributed by atoms with Gasteiger partial charge >= 0.3 is 0 Å². The first kappa shape index (κ1) is 15.2. The summed E-state index contributed by atoms with van der Waals surface area (Å²) in [7, 11) is 0. The lowest BCUT2D eigenvalue weighted by molar-refractivity contribution is 0.101. The summed E-state index contributed by atoms with van der Waals surface area (Å²) in [5, 5.41) is 19.0. The van der Waals surface area contributed by atoms with Crippen LogP contribution in [0.25, 0.3) is 5.65 Å². The van der Waals surface area contributed by atoms with Crippen LogP contribution in [-0.4, -0.2) is 37.7 Å². The zero-order valence-electron chi connectivity index (χ0n) is 13.2. The number of β-amino-alcohol motifs (C(OH)–C–C–N with tert-alkyl or cyclic N) is 1. The summed E-state index contributed by atoms with van der Waals surface area (Å²) in [6.07, 6.45) is 3.08. The quantitative estimate of drug-likeness (QED) is 0.801. The summed E-state index contributed by atoms with van der Waals surface area (Å²) in [5.74, 6) is 0.512. The first-order valence-corrected chi connectivity index (χ1v) is 8.20. The number of rotatable bonds is 4. The molecule has 5 nitrogen and oxygen atoms in total. The van der Waals surface area contributed by atoms with Crippen LogP contribution in [0.1, 0.15) is 36.4 Å². The maximum absolute atomic E-state index is 13.9. The van der Waals surface area contributed by atoms with Crippen molar-refractivity contribution in [2.75, 3.05) is 13.1 Å². The van der Waals surface area contributed by atoms with Gasteiger partial charge in [0.2, 0.25) is 0 Å². The average Bonchev–Trinajstić information content (AvgIpc) is 3.21. The molecule has 4 rings (SSSR count). The van der Waals surface area contributed by atoms with Gasteiger partial charge in [0, 0.05) is 18.3 Å². The minimum absolute atomic E-state index is 0.0869. The zero-order chi connectivity index (χ0) is 16.5. The van der Waals surface area contributed by atoms with Crippen molar-refractivity contribution in [3.8, 4) is 0 Å². The fourth-order valence-corrected chi connectivity index (χ4v) is 3.49. The molecule has 1 aliphatic heterocycles. The van der Waals surface area contributed by atoms with Crippen molar-refractivity contribution in [3.63, 3.8) is 0 Å². The molecule has 3 aromatic rings. The van der Waals surface area contributed by atoms with Gasteiger partial charge in [-0.25, -0.2) is 4.39 Å². The van der Waals surface area contributed by atoms with Crippen LogP contribution in [0.3, 0.4) is 0 Å². The Labute approximate surface area is 139 Å². The van der Waals surface area contributed by atoms with E-state index >= 15 is 0 Å². The zero-order valence-corrected chi connectivity index (χ0v) is 13.2. The van der Waals surface area contributed by atoms with Crippen molar-refractivity contribution in [2.24, 2.45) is 0 Å². The molecule has 3 heterocycles. The Hall–Kier alpha value is -2.31. The number of likely N-dealkylation sites (tertiary alicyclic amines) is 1. The van der Waals surface area contributed by atoms with E-state index in [-0.39, 0.29) is 11.9 Å². The second kappa shape index (κ2) is 6.30. The van der Waals surface area contributed by atoms with E-state index in [9.17, 15) is 9.50 Å². The Kier molecular flexibility index (Phi) is 4.00. The number of aliphatic hydroxyl groups excluding tert-OH is 1. The van der Waals surface area contributed by atoms with E-state index in [1.54, 1.807) is 18.2 Å². The second-order valence-electron chi connectivity index (χ2n) is 6.18. The molecule has 6 heteroatoms. The highest BCUT2D eigenvalue weighted by Gasteiger charge is 2.31. The van der Waals surface area contributed by atoms with Crippen molar-refractivity contribution in [2.45, 2.75) is 25.0 Å². The highest BCUT2D eigenvalue weighted by molar-refractivity contribution is 5.37. The average molecular weight is 326 g/mol. The summed E-state index contributed by atoms with van der Waals surface area (Å²) < 4.78 is 15.9. The van der Waals surface area contributed by atoms with E-state index in [2.05, 4.69) is 15.1 Å². The Morgan fingerprint density at radius 2 is 2.00 bits per heavy atom. The SMILES string of the molecule is O[C@H](CN1CCC[C@H]1c1nnc2ccccn12)c1ccccc1F. The number of pyridine rings is 1. The van der Waals surface area contributed by atoms with Gasteiger partial charge in [-0.1, -0.05) is 24.3 Å². The van der Waals surface area contributed by atoms with Gasteiger partial charge in [0.1, 0.15) is 5.82 Å². The van der Waals surface area contributed by atoms with E-state index in [0.717, 1.165) is 30.9 Å². The summed E-state index contributed by atoms with van der Waals surface area (Å²) in [4.78, 5) is 2.17. The molecule has 1 saturated heterocycles. The van der Waals surface area contributed by atoms with Gasteiger partial charge in [-0.3, -0.25) is 9.30 Å². The lowest BCUT2D eigenvalue weighted by Gasteiger charge is -2.26. The summed E-state index contributed by atoms with van der Waals surface area (Å²) in [6.45, 7) is 1.24. The molecular weight excluding hydrogens is 307 g/mol. The molecule has 0 bridgehead atoms. The number of halogens is 1. The molecule has 2 aromatic heterocycles. The van der Waals surface area contributed by atoms with E-state index in [1.165, 1.54) is 6.07 Å². The molecule has 1 N–H and O–H groups in total. The van der Waals surface area contributed by atoms with Gasteiger partial charge < -0.3 is 5.11 Å². The number of hydrogen-bond donors (Lipinski definition) is 1. The smallest absolute Gasteiger partial charge is 0.160 e. The number of aliphatic hydroxyl groups is 1. The standard InChI is InChI=1S/C18H19FN4O/c19-14-7-2-1-6-13(14)16(24)12-22-10-5-8-15(22)18-21-20-17-9-3-4-11-23(17)18/h1-4,6-7,9,11,15-16,24H,5,8,10,12H2/t15-,16+/m0/s1. The fourth-order valence-electron chi connectivity index (χ4n) is 3.49. The van der Waals surface area contributed by atoms with Crippen molar-refractivity contribution in [3.05, 3.63) is 65.9 Å². The maximum Gasteiger partial charge on any atom is 0.160 e. The number of nitrogens with zero attached hydrogens (tertiary/aromatic N) is 4. The van der Waals surface area contributed by atoms with E-state index in [1.807, 2.05) is 28.8 Å².